The molecule has 0 saturated carbocycles. The van der Waals surface area contributed by atoms with Crippen LogP contribution in [0.4, 0.5) is 5.69 Å². The Morgan fingerprint density at radius 2 is 2.00 bits per heavy atom. The lowest BCUT2D eigenvalue weighted by Crippen LogP contribution is -2.13. The first-order chi connectivity index (χ1) is 9.65. The molecule has 1 aromatic heterocycles. The highest BCUT2D eigenvalue weighted by molar-refractivity contribution is 6.38. The van der Waals surface area contributed by atoms with E-state index in [1.807, 2.05) is 0 Å². The first-order valence-corrected chi connectivity index (χ1v) is 6.64. The maximum absolute atomic E-state index is 12.2. The average Bonchev–Trinajstić information content (AvgIpc) is 2.90. The van der Waals surface area contributed by atoms with Crippen molar-refractivity contribution >= 4 is 34.8 Å². The highest BCUT2D eigenvalue weighted by Gasteiger charge is 2.17. The molecule has 7 heteroatoms. The number of aromatic nitrogens is 2. The number of hydrogen-bond acceptors (Lipinski definition) is 4. The molecule has 0 bridgehead atoms. The summed E-state index contributed by atoms with van der Waals surface area (Å²) in [5.41, 5.74) is 1.72. The molecule has 0 unspecified atom stereocenters. The van der Waals surface area contributed by atoms with E-state index in [1.165, 1.54) is 6.33 Å². The fraction of sp³-hybridized carbons (Fsp3) is 0.154. The molecule has 0 aliphatic carbocycles. The largest absolute Gasteiger partial charge is 0.493 e. The number of rotatable bonds is 2. The van der Waals surface area contributed by atoms with Crippen LogP contribution < -0.4 is 10.1 Å². The summed E-state index contributed by atoms with van der Waals surface area (Å²) in [5, 5.41) is 2.82. The van der Waals surface area contributed by atoms with Crippen molar-refractivity contribution in [2.75, 3.05) is 11.9 Å². The SMILES string of the molecule is O=C(Nc1c(Cl)ncnc1Cl)c1ccc2c(c1)CCO2. The second-order valence-electron chi connectivity index (χ2n) is 4.21. The molecule has 20 heavy (non-hydrogen) atoms. The number of fused-ring (bicyclic) bond motifs is 1. The maximum atomic E-state index is 12.2. The molecule has 5 nitrogen and oxygen atoms in total. The molecule has 3 rings (SSSR count). The second-order valence-corrected chi connectivity index (χ2v) is 4.92. The van der Waals surface area contributed by atoms with Gasteiger partial charge < -0.3 is 10.1 Å². The van der Waals surface area contributed by atoms with E-state index in [4.69, 9.17) is 27.9 Å². The smallest absolute Gasteiger partial charge is 0.255 e. The van der Waals surface area contributed by atoms with Crippen LogP contribution in [0, 0.1) is 0 Å². The van der Waals surface area contributed by atoms with E-state index in [-0.39, 0.29) is 21.9 Å². The lowest BCUT2D eigenvalue weighted by atomic mass is 10.1. The van der Waals surface area contributed by atoms with Crippen LogP contribution in [0.15, 0.2) is 24.5 Å². The molecular weight excluding hydrogens is 301 g/mol. The first-order valence-electron chi connectivity index (χ1n) is 5.88. The normalized spacial score (nSPS) is 12.7. The molecule has 1 N–H and O–H groups in total. The van der Waals surface area contributed by atoms with Crippen LogP contribution in [-0.2, 0) is 6.42 Å². The quantitative estimate of drug-likeness (QED) is 0.866. The Balaban J connectivity index is 1.86. The summed E-state index contributed by atoms with van der Waals surface area (Å²) in [4.78, 5) is 19.8. The van der Waals surface area contributed by atoms with Gasteiger partial charge in [-0.25, -0.2) is 9.97 Å². The predicted octanol–water partition coefficient (Wildman–Crippen LogP) is 2.97. The molecular formula is C13H9Cl2N3O2. The Morgan fingerprint density at radius 3 is 2.75 bits per heavy atom. The minimum Gasteiger partial charge on any atom is -0.493 e. The number of anilines is 1. The van der Waals surface area contributed by atoms with E-state index in [0.29, 0.717) is 12.2 Å². The van der Waals surface area contributed by atoms with Crippen molar-refractivity contribution in [3.05, 3.63) is 46.0 Å². The van der Waals surface area contributed by atoms with Crippen molar-refractivity contribution in [1.29, 1.82) is 0 Å². The van der Waals surface area contributed by atoms with E-state index in [2.05, 4.69) is 15.3 Å². The molecule has 0 spiro atoms. The van der Waals surface area contributed by atoms with Gasteiger partial charge in [-0.05, 0) is 23.8 Å². The lowest BCUT2D eigenvalue weighted by molar-refractivity contribution is 0.102. The van der Waals surface area contributed by atoms with E-state index in [0.717, 1.165) is 17.7 Å². The van der Waals surface area contributed by atoms with Gasteiger partial charge in [0, 0.05) is 12.0 Å². The van der Waals surface area contributed by atoms with E-state index < -0.39 is 0 Å². The molecule has 0 atom stereocenters. The molecule has 1 amide bonds. The second kappa shape index (κ2) is 5.26. The average molecular weight is 310 g/mol. The zero-order valence-corrected chi connectivity index (χ0v) is 11.7. The summed E-state index contributed by atoms with van der Waals surface area (Å²) >= 11 is 11.8. The third kappa shape index (κ3) is 2.42. The summed E-state index contributed by atoms with van der Waals surface area (Å²) in [6.07, 6.45) is 2.03. The summed E-state index contributed by atoms with van der Waals surface area (Å²) in [5.74, 6) is 0.499. The number of nitrogens with zero attached hydrogens (tertiary/aromatic N) is 2. The van der Waals surface area contributed by atoms with Crippen LogP contribution in [-0.4, -0.2) is 22.5 Å². The monoisotopic (exact) mass is 309 g/mol. The van der Waals surface area contributed by atoms with E-state index >= 15 is 0 Å². The molecule has 0 fully saturated rings. The summed E-state index contributed by atoms with van der Waals surface area (Å²) in [7, 11) is 0. The Kier molecular flexibility index (Phi) is 3.46. The third-order valence-corrected chi connectivity index (χ3v) is 3.52. The molecule has 102 valence electrons. The van der Waals surface area contributed by atoms with Crippen molar-refractivity contribution < 1.29 is 9.53 Å². The lowest BCUT2D eigenvalue weighted by Gasteiger charge is -2.08. The number of hydrogen-bond donors (Lipinski definition) is 1. The van der Waals surface area contributed by atoms with Crippen LogP contribution >= 0.6 is 23.2 Å². The van der Waals surface area contributed by atoms with Gasteiger partial charge in [0.15, 0.2) is 10.3 Å². The van der Waals surface area contributed by atoms with Gasteiger partial charge in [-0.2, -0.15) is 0 Å². The Bertz CT molecular complexity index is 671. The van der Waals surface area contributed by atoms with Gasteiger partial charge in [-0.3, -0.25) is 4.79 Å². The van der Waals surface area contributed by atoms with Crippen molar-refractivity contribution in [2.45, 2.75) is 6.42 Å². The zero-order valence-electron chi connectivity index (χ0n) is 10.2. The van der Waals surface area contributed by atoms with Crippen molar-refractivity contribution in [2.24, 2.45) is 0 Å². The maximum Gasteiger partial charge on any atom is 0.255 e. The predicted molar refractivity (Wildman–Crippen MR) is 75.6 cm³/mol. The molecule has 2 heterocycles. The van der Waals surface area contributed by atoms with E-state index in [9.17, 15) is 4.79 Å². The molecule has 0 radical (unpaired) electrons. The molecule has 1 aromatic carbocycles. The molecule has 1 aliphatic heterocycles. The van der Waals surface area contributed by atoms with E-state index in [1.54, 1.807) is 18.2 Å². The van der Waals surface area contributed by atoms with Gasteiger partial charge in [0.25, 0.3) is 5.91 Å². The summed E-state index contributed by atoms with van der Waals surface area (Å²) < 4.78 is 5.40. The van der Waals surface area contributed by atoms with Crippen LogP contribution in [0.2, 0.25) is 10.3 Å². The fourth-order valence-corrected chi connectivity index (χ4v) is 2.37. The number of carbonyl (C=O) groups excluding carboxylic acids is 1. The number of benzene rings is 1. The first kappa shape index (κ1) is 13.1. The Labute approximate surface area is 124 Å². The highest BCUT2D eigenvalue weighted by atomic mass is 35.5. The minimum atomic E-state index is -0.321. The topological polar surface area (TPSA) is 64.1 Å². The summed E-state index contributed by atoms with van der Waals surface area (Å²) in [6, 6.07) is 5.26. The minimum absolute atomic E-state index is 0.0999. The number of amides is 1. The number of halogens is 2. The van der Waals surface area contributed by atoms with Crippen LogP contribution in [0.25, 0.3) is 0 Å². The Hall–Kier alpha value is -1.85. The number of carbonyl (C=O) groups is 1. The standard InChI is InChI=1S/C13H9Cl2N3O2/c14-11-10(12(15)17-6-16-11)18-13(19)8-1-2-9-7(5-8)3-4-20-9/h1-2,5-6H,3-4H2,(H,18,19). The van der Waals surface area contributed by atoms with Crippen molar-refractivity contribution in [3.63, 3.8) is 0 Å². The molecule has 0 saturated heterocycles. The highest BCUT2D eigenvalue weighted by Crippen LogP contribution is 2.28. The van der Waals surface area contributed by atoms with Gasteiger partial charge in [-0.15, -0.1) is 0 Å². The van der Waals surface area contributed by atoms with Gasteiger partial charge in [0.1, 0.15) is 17.8 Å². The Morgan fingerprint density at radius 1 is 1.25 bits per heavy atom. The number of ether oxygens (including phenoxy) is 1. The van der Waals surface area contributed by atoms with Gasteiger partial charge in [0.05, 0.1) is 6.61 Å². The van der Waals surface area contributed by atoms with Crippen LogP contribution in [0.5, 0.6) is 5.75 Å². The van der Waals surface area contributed by atoms with Gasteiger partial charge in [-0.1, -0.05) is 23.2 Å². The van der Waals surface area contributed by atoms with Crippen molar-refractivity contribution in [3.8, 4) is 5.75 Å². The fourth-order valence-electron chi connectivity index (χ4n) is 1.96. The zero-order chi connectivity index (χ0) is 14.1. The van der Waals surface area contributed by atoms with Crippen molar-refractivity contribution in [1.82, 2.24) is 9.97 Å². The third-order valence-electron chi connectivity index (χ3n) is 2.94. The van der Waals surface area contributed by atoms with Gasteiger partial charge in [0.2, 0.25) is 0 Å². The molecule has 1 aliphatic rings. The summed E-state index contributed by atoms with van der Waals surface area (Å²) in [6.45, 7) is 0.643. The van der Waals surface area contributed by atoms with Crippen LogP contribution in [0.1, 0.15) is 15.9 Å². The molecule has 2 aromatic rings. The van der Waals surface area contributed by atoms with Gasteiger partial charge >= 0.3 is 0 Å². The van der Waals surface area contributed by atoms with Crippen LogP contribution in [0.3, 0.4) is 0 Å². The number of nitrogens with one attached hydrogen (secondary N) is 1.